The van der Waals surface area contributed by atoms with E-state index in [1.165, 1.54) is 0 Å². The number of unbranched alkanes of at least 4 members (excludes halogenated alkanes) is 1. The Labute approximate surface area is 346 Å². The number of amides is 4. The predicted molar refractivity (Wildman–Crippen MR) is 226 cm³/mol. The number of primary amides is 2. The molecule has 6 heterocycles. The second kappa shape index (κ2) is 16.5. The van der Waals surface area contributed by atoms with E-state index in [2.05, 4.69) is 20.8 Å². The zero-order chi connectivity index (χ0) is 39.4. The first-order valence-electron chi connectivity index (χ1n) is 18.6. The molecule has 306 valence electrons. The van der Waals surface area contributed by atoms with E-state index >= 15 is 0 Å². The SMILES string of the molecule is CCn1nc(C)cc1C(=O)Nc1nc2cc(C(N)=O)cc3c2n1[C@@H](CCCC[C@H]1COc2cc(C(N)=O)cc4nc(NC(=O)c5cc(C)nn5CC)n1c24)CO3.S.S. The fraction of sp³-hybridized carbons (Fsp3) is 0.368. The Morgan fingerprint density at radius 3 is 1.43 bits per heavy atom. The average molecular weight is 831 g/mol. The number of nitrogens with one attached hydrogen (secondary N) is 2. The van der Waals surface area contributed by atoms with Gasteiger partial charge in [0.15, 0.2) is 0 Å². The molecule has 0 fully saturated rings. The molecular formula is C38H46N12O6S2. The number of nitrogens with two attached hydrogens (primary N) is 2. The second-order valence-electron chi connectivity index (χ2n) is 14.1. The first-order chi connectivity index (χ1) is 26.9. The standard InChI is InChI=1S/C38H42N12O6.2H2S/c1-5-47-27(11-19(3)45-47)35(53)43-37-41-25-13-21(33(39)51)15-29-31(25)49(37)23(17-55-29)9-7-8-10-24-18-56-30-16-22(34(40)52)14-26-32(30)50(24)38(42-26)44-36(54)28-12-20(4)46-48(28)6-2;;/h11-16,23-24H,5-10,17-18H2,1-4H3,(H2,39,51)(H2,40,52)(H,41,43,53)(H,42,44,54);2*1H2/t23-,24-;;/m0../s1. The Morgan fingerprint density at radius 1 is 0.672 bits per heavy atom. The van der Waals surface area contributed by atoms with Gasteiger partial charge in [-0.3, -0.25) is 39.2 Å². The summed E-state index contributed by atoms with van der Waals surface area (Å²) < 4.78 is 19.6. The minimum Gasteiger partial charge on any atom is -0.489 e. The van der Waals surface area contributed by atoms with E-state index in [1.54, 1.807) is 45.8 Å². The number of benzene rings is 2. The zero-order valence-corrected chi connectivity index (χ0v) is 34.5. The van der Waals surface area contributed by atoms with Crippen molar-refractivity contribution in [3.05, 3.63) is 70.3 Å². The zero-order valence-electron chi connectivity index (χ0n) is 32.5. The normalized spacial score (nSPS) is 15.2. The lowest BCUT2D eigenvalue weighted by Gasteiger charge is -2.29. The van der Waals surface area contributed by atoms with Crippen LogP contribution in [0.25, 0.3) is 22.1 Å². The van der Waals surface area contributed by atoms with Gasteiger partial charge in [-0.15, -0.1) is 0 Å². The number of hydrogen-bond acceptors (Lipinski definition) is 10. The van der Waals surface area contributed by atoms with Gasteiger partial charge < -0.3 is 30.1 Å². The van der Waals surface area contributed by atoms with Gasteiger partial charge >= 0.3 is 0 Å². The number of imidazole rings is 2. The van der Waals surface area contributed by atoms with Crippen molar-refractivity contribution in [1.29, 1.82) is 0 Å². The van der Waals surface area contributed by atoms with Gasteiger partial charge in [0.2, 0.25) is 23.7 Å². The van der Waals surface area contributed by atoms with E-state index in [4.69, 9.17) is 30.9 Å². The molecule has 58 heavy (non-hydrogen) atoms. The van der Waals surface area contributed by atoms with Crippen LogP contribution in [0.2, 0.25) is 0 Å². The molecule has 0 unspecified atom stereocenters. The Kier molecular flexibility index (Phi) is 11.8. The first kappa shape index (κ1) is 41.6. The fourth-order valence-corrected chi connectivity index (χ4v) is 7.76. The van der Waals surface area contributed by atoms with Crippen molar-refractivity contribution in [1.82, 2.24) is 38.7 Å². The lowest BCUT2D eigenvalue weighted by atomic mass is 10.0. The number of aromatic nitrogens is 8. The van der Waals surface area contributed by atoms with E-state index in [0.29, 0.717) is 82.8 Å². The summed E-state index contributed by atoms with van der Waals surface area (Å²) in [5.41, 5.74) is 16.3. The average Bonchev–Trinajstić information content (AvgIpc) is 3.95. The molecule has 0 spiro atoms. The van der Waals surface area contributed by atoms with Gasteiger partial charge in [0, 0.05) is 24.2 Å². The van der Waals surface area contributed by atoms with Crippen LogP contribution in [-0.4, -0.2) is 75.5 Å². The third-order valence-electron chi connectivity index (χ3n) is 10.3. The molecule has 0 saturated carbocycles. The number of aryl methyl sites for hydroxylation is 4. The highest BCUT2D eigenvalue weighted by atomic mass is 32.1. The smallest absolute Gasteiger partial charge is 0.276 e. The van der Waals surface area contributed by atoms with Crippen molar-refractivity contribution in [3.63, 3.8) is 0 Å². The number of hydrogen-bond donors (Lipinski definition) is 4. The summed E-state index contributed by atoms with van der Waals surface area (Å²) in [5.74, 6) is -0.353. The molecule has 0 saturated heterocycles. The first-order valence-corrected chi connectivity index (χ1v) is 18.6. The molecule has 20 heteroatoms. The third kappa shape index (κ3) is 7.44. The summed E-state index contributed by atoms with van der Waals surface area (Å²) in [7, 11) is 0. The van der Waals surface area contributed by atoms with Gasteiger partial charge in [-0.2, -0.15) is 37.2 Å². The van der Waals surface area contributed by atoms with E-state index in [1.807, 2.05) is 36.8 Å². The fourth-order valence-electron chi connectivity index (χ4n) is 7.76. The molecule has 2 atom stereocenters. The van der Waals surface area contributed by atoms with Crippen LogP contribution in [0, 0.1) is 13.8 Å². The van der Waals surface area contributed by atoms with Crippen molar-refractivity contribution < 1.29 is 28.7 Å². The summed E-state index contributed by atoms with van der Waals surface area (Å²) in [4.78, 5) is 60.9. The van der Waals surface area contributed by atoms with Crippen LogP contribution in [0.1, 0.15) is 105 Å². The number of carbonyl (C=O) groups is 4. The van der Waals surface area contributed by atoms with Crippen molar-refractivity contribution in [3.8, 4) is 11.5 Å². The van der Waals surface area contributed by atoms with E-state index in [0.717, 1.165) is 24.2 Å². The van der Waals surface area contributed by atoms with E-state index < -0.39 is 11.8 Å². The van der Waals surface area contributed by atoms with Gasteiger partial charge in [-0.05, 0) is 76.9 Å². The highest BCUT2D eigenvalue weighted by Crippen LogP contribution is 2.41. The largest absolute Gasteiger partial charge is 0.489 e. The lowest BCUT2D eigenvalue weighted by molar-refractivity contribution is 0.0991. The number of carbonyl (C=O) groups excluding carboxylic acids is 4. The number of nitrogens with zero attached hydrogens (tertiary/aromatic N) is 8. The molecule has 0 radical (unpaired) electrons. The monoisotopic (exact) mass is 830 g/mol. The Hall–Kier alpha value is -6.02. The maximum atomic E-state index is 13.6. The minimum absolute atomic E-state index is 0. The molecule has 0 aliphatic carbocycles. The topological polar surface area (TPSA) is 234 Å². The van der Waals surface area contributed by atoms with Crippen LogP contribution in [0.15, 0.2) is 36.4 Å². The Morgan fingerprint density at radius 2 is 1.07 bits per heavy atom. The maximum Gasteiger partial charge on any atom is 0.276 e. The highest BCUT2D eigenvalue weighted by Gasteiger charge is 2.32. The van der Waals surface area contributed by atoms with Crippen LogP contribution in [0.5, 0.6) is 11.5 Å². The third-order valence-corrected chi connectivity index (χ3v) is 10.3. The van der Waals surface area contributed by atoms with Gasteiger partial charge in [0.25, 0.3) is 11.8 Å². The summed E-state index contributed by atoms with van der Waals surface area (Å²) in [6, 6.07) is 9.48. The summed E-state index contributed by atoms with van der Waals surface area (Å²) in [6.07, 6.45) is 2.87. The lowest BCUT2D eigenvalue weighted by Crippen LogP contribution is -2.27. The van der Waals surface area contributed by atoms with Crippen molar-refractivity contribution in [2.45, 2.75) is 78.6 Å². The predicted octanol–water partition coefficient (Wildman–Crippen LogP) is 4.49. The number of ether oxygens (including phenoxy) is 2. The minimum atomic E-state index is -0.612. The van der Waals surface area contributed by atoms with Crippen molar-refractivity contribution >= 4 is 84.6 Å². The van der Waals surface area contributed by atoms with Gasteiger partial charge in [0.05, 0.1) is 34.5 Å². The quantitative estimate of drug-likeness (QED) is 0.119. The summed E-state index contributed by atoms with van der Waals surface area (Å²) in [6.45, 7) is 9.08. The highest BCUT2D eigenvalue weighted by molar-refractivity contribution is 7.59. The van der Waals surface area contributed by atoms with Crippen LogP contribution in [0.4, 0.5) is 11.9 Å². The van der Waals surface area contributed by atoms with Crippen molar-refractivity contribution in [2.75, 3.05) is 23.8 Å². The molecule has 4 amide bonds. The molecule has 18 nitrogen and oxygen atoms in total. The Balaban J connectivity index is 0.00000283. The molecule has 2 aliphatic heterocycles. The molecule has 4 aromatic heterocycles. The second-order valence-corrected chi connectivity index (χ2v) is 14.1. The van der Waals surface area contributed by atoms with Crippen LogP contribution in [0.3, 0.4) is 0 Å². The number of anilines is 2. The van der Waals surface area contributed by atoms with Crippen molar-refractivity contribution in [2.24, 2.45) is 11.5 Å². The van der Waals surface area contributed by atoms with Gasteiger partial charge in [0.1, 0.15) is 47.1 Å². The van der Waals surface area contributed by atoms with Gasteiger partial charge in [-0.1, -0.05) is 12.8 Å². The van der Waals surface area contributed by atoms with Gasteiger partial charge in [-0.25, -0.2) is 9.97 Å². The molecular weight excluding hydrogens is 785 g/mol. The molecule has 6 N–H and O–H groups in total. The summed E-state index contributed by atoms with van der Waals surface area (Å²) >= 11 is 0. The van der Waals surface area contributed by atoms with Crippen LogP contribution in [-0.2, 0) is 13.1 Å². The molecule has 6 aromatic rings. The van der Waals surface area contributed by atoms with E-state index in [-0.39, 0.29) is 75.2 Å². The number of rotatable bonds is 13. The molecule has 2 aromatic carbocycles. The van der Waals surface area contributed by atoms with E-state index in [9.17, 15) is 19.2 Å². The van der Waals surface area contributed by atoms with Crippen LogP contribution < -0.4 is 31.6 Å². The van der Waals surface area contributed by atoms with Crippen LogP contribution >= 0.6 is 27.0 Å². The molecule has 0 bridgehead atoms. The maximum absolute atomic E-state index is 13.6. The molecule has 8 rings (SSSR count). The Bertz CT molecular complexity index is 2410. The summed E-state index contributed by atoms with van der Waals surface area (Å²) in [5, 5.41) is 14.8. The molecule has 2 aliphatic rings.